The minimum Gasteiger partial charge on any atom is -0.339 e. The number of carbonyl (C=O) groups excluding carboxylic acids is 2. The highest BCUT2D eigenvalue weighted by molar-refractivity contribution is 5.84. The number of rotatable bonds is 5. The van der Waals surface area contributed by atoms with Crippen LogP contribution in [0.25, 0.3) is 0 Å². The standard InChI is InChI=1S/C30H36N2O2/c33-28(18-27(25-7-3-1-4-8-25)26-9-5-2-6-10-26)31-11-13-32(14-12-31)29(34)30-19-22-15-23(20-30)17-24(16-22)21-30/h1-10,22-24,27H,11-21H2. The fourth-order valence-electron chi connectivity index (χ4n) is 7.97. The Kier molecular flexibility index (Phi) is 5.71. The molecule has 0 spiro atoms. The molecule has 5 fully saturated rings. The SMILES string of the molecule is O=C(CC(c1ccccc1)c1ccccc1)N1CCN(C(=O)C23CC4CC(CC(C4)C2)C3)CC1. The first kappa shape index (κ1) is 21.9. The molecule has 0 aromatic heterocycles. The van der Waals surface area contributed by atoms with Crippen LogP contribution in [0.2, 0.25) is 0 Å². The lowest BCUT2D eigenvalue weighted by molar-refractivity contribution is -0.160. The molecular weight excluding hydrogens is 420 g/mol. The van der Waals surface area contributed by atoms with E-state index in [1.807, 2.05) is 41.3 Å². The molecule has 4 aliphatic carbocycles. The summed E-state index contributed by atoms with van der Waals surface area (Å²) in [7, 11) is 0. The molecule has 5 aliphatic rings. The van der Waals surface area contributed by atoms with Crippen molar-refractivity contribution in [1.82, 2.24) is 9.80 Å². The van der Waals surface area contributed by atoms with Crippen LogP contribution < -0.4 is 0 Å². The molecular formula is C30H36N2O2. The fourth-order valence-corrected chi connectivity index (χ4v) is 7.97. The number of nitrogens with zero attached hydrogens (tertiary/aromatic N) is 2. The van der Waals surface area contributed by atoms with Gasteiger partial charge in [-0.25, -0.2) is 0 Å². The summed E-state index contributed by atoms with van der Waals surface area (Å²) in [6.45, 7) is 2.70. The van der Waals surface area contributed by atoms with Gasteiger partial charge in [-0.3, -0.25) is 9.59 Å². The summed E-state index contributed by atoms with van der Waals surface area (Å²) in [5.74, 6) is 3.01. The third-order valence-electron chi connectivity index (χ3n) is 9.19. The average Bonchev–Trinajstić information content (AvgIpc) is 2.87. The van der Waals surface area contributed by atoms with Gasteiger partial charge in [0.15, 0.2) is 0 Å². The summed E-state index contributed by atoms with van der Waals surface area (Å²) >= 11 is 0. The summed E-state index contributed by atoms with van der Waals surface area (Å²) < 4.78 is 0. The minimum absolute atomic E-state index is 0.0570. The van der Waals surface area contributed by atoms with Crippen molar-refractivity contribution in [3.8, 4) is 0 Å². The number of hydrogen-bond acceptors (Lipinski definition) is 2. The van der Waals surface area contributed by atoms with Crippen LogP contribution >= 0.6 is 0 Å². The third-order valence-corrected chi connectivity index (χ3v) is 9.19. The largest absolute Gasteiger partial charge is 0.339 e. The van der Waals surface area contributed by atoms with Crippen molar-refractivity contribution in [2.24, 2.45) is 23.2 Å². The maximum absolute atomic E-state index is 13.7. The third kappa shape index (κ3) is 4.06. The summed E-state index contributed by atoms with van der Waals surface area (Å²) in [6, 6.07) is 20.7. The molecule has 0 atom stereocenters. The Morgan fingerprint density at radius 1 is 0.706 bits per heavy atom. The van der Waals surface area contributed by atoms with Gasteiger partial charge in [-0.15, -0.1) is 0 Å². The van der Waals surface area contributed by atoms with Crippen LogP contribution in [0, 0.1) is 23.2 Å². The topological polar surface area (TPSA) is 40.6 Å². The summed E-state index contributed by atoms with van der Waals surface area (Å²) in [4.78, 5) is 31.2. The summed E-state index contributed by atoms with van der Waals surface area (Å²) in [5, 5.41) is 0. The number of benzene rings is 2. The van der Waals surface area contributed by atoms with Crippen LogP contribution in [0.3, 0.4) is 0 Å². The zero-order valence-electron chi connectivity index (χ0n) is 20.1. The Morgan fingerprint density at radius 2 is 1.15 bits per heavy atom. The van der Waals surface area contributed by atoms with Gasteiger partial charge in [0, 0.05) is 38.5 Å². The number of hydrogen-bond donors (Lipinski definition) is 0. The van der Waals surface area contributed by atoms with Crippen molar-refractivity contribution in [1.29, 1.82) is 0 Å². The highest BCUT2D eigenvalue weighted by atomic mass is 16.2. The van der Waals surface area contributed by atoms with Crippen molar-refractivity contribution in [3.63, 3.8) is 0 Å². The lowest BCUT2D eigenvalue weighted by Gasteiger charge is -2.57. The molecule has 2 aromatic rings. The Morgan fingerprint density at radius 3 is 1.62 bits per heavy atom. The molecule has 0 radical (unpaired) electrons. The zero-order chi connectivity index (χ0) is 23.1. The molecule has 4 nitrogen and oxygen atoms in total. The van der Waals surface area contributed by atoms with E-state index in [1.165, 1.54) is 30.4 Å². The Labute approximate surface area is 203 Å². The van der Waals surface area contributed by atoms with Gasteiger partial charge in [0.2, 0.25) is 11.8 Å². The molecule has 4 bridgehead atoms. The summed E-state index contributed by atoms with van der Waals surface area (Å²) in [5.41, 5.74) is 2.28. The lowest BCUT2D eigenvalue weighted by atomic mass is 9.49. The molecule has 7 rings (SSSR count). The van der Waals surface area contributed by atoms with Crippen molar-refractivity contribution in [2.75, 3.05) is 26.2 Å². The van der Waals surface area contributed by atoms with Gasteiger partial charge in [-0.05, 0) is 67.4 Å². The molecule has 4 heteroatoms. The van der Waals surface area contributed by atoms with Crippen LogP contribution in [0.15, 0.2) is 60.7 Å². The average molecular weight is 457 g/mol. The maximum atomic E-state index is 13.7. The van der Waals surface area contributed by atoms with Crippen LogP contribution in [0.1, 0.15) is 62.0 Å². The van der Waals surface area contributed by atoms with Crippen LogP contribution in [-0.2, 0) is 9.59 Å². The van der Waals surface area contributed by atoms with E-state index in [2.05, 4.69) is 29.2 Å². The molecule has 1 aliphatic heterocycles. The molecule has 0 N–H and O–H groups in total. The molecule has 2 amide bonds. The number of piperazine rings is 1. The van der Waals surface area contributed by atoms with Gasteiger partial charge in [0.05, 0.1) is 5.41 Å². The minimum atomic E-state index is -0.0767. The van der Waals surface area contributed by atoms with E-state index < -0.39 is 0 Å². The normalized spacial score (nSPS) is 30.1. The maximum Gasteiger partial charge on any atom is 0.228 e. The molecule has 0 unspecified atom stereocenters. The zero-order valence-corrected chi connectivity index (χ0v) is 20.1. The fraction of sp³-hybridized carbons (Fsp3) is 0.533. The van der Waals surface area contributed by atoms with Gasteiger partial charge in [-0.1, -0.05) is 60.7 Å². The monoisotopic (exact) mass is 456 g/mol. The van der Waals surface area contributed by atoms with E-state index in [9.17, 15) is 9.59 Å². The van der Waals surface area contributed by atoms with Crippen molar-refractivity contribution < 1.29 is 9.59 Å². The van der Waals surface area contributed by atoms with E-state index in [1.54, 1.807) is 0 Å². The van der Waals surface area contributed by atoms with Crippen LogP contribution in [0.5, 0.6) is 0 Å². The molecule has 1 heterocycles. The molecule has 1 saturated heterocycles. The van der Waals surface area contributed by atoms with Crippen molar-refractivity contribution in [2.45, 2.75) is 50.9 Å². The Hall–Kier alpha value is -2.62. The molecule has 4 saturated carbocycles. The highest BCUT2D eigenvalue weighted by Gasteiger charge is 2.55. The van der Waals surface area contributed by atoms with Gasteiger partial charge >= 0.3 is 0 Å². The van der Waals surface area contributed by atoms with Crippen molar-refractivity contribution >= 4 is 11.8 Å². The lowest BCUT2D eigenvalue weighted by Crippen LogP contribution is -2.58. The van der Waals surface area contributed by atoms with Gasteiger partial charge in [0.1, 0.15) is 0 Å². The second-order valence-electron chi connectivity index (χ2n) is 11.4. The van der Waals surface area contributed by atoms with E-state index in [4.69, 9.17) is 0 Å². The number of amides is 2. The predicted molar refractivity (Wildman–Crippen MR) is 133 cm³/mol. The van der Waals surface area contributed by atoms with E-state index in [0.29, 0.717) is 38.5 Å². The Bertz CT molecular complexity index is 952. The second kappa shape index (κ2) is 8.87. The smallest absolute Gasteiger partial charge is 0.228 e. The van der Waals surface area contributed by atoms with Gasteiger partial charge in [0.25, 0.3) is 0 Å². The first-order valence-electron chi connectivity index (χ1n) is 13.3. The highest BCUT2D eigenvalue weighted by Crippen LogP contribution is 2.60. The van der Waals surface area contributed by atoms with E-state index in [-0.39, 0.29) is 17.2 Å². The van der Waals surface area contributed by atoms with E-state index in [0.717, 1.165) is 37.0 Å². The summed E-state index contributed by atoms with van der Waals surface area (Å²) in [6.07, 6.45) is 7.90. The second-order valence-corrected chi connectivity index (χ2v) is 11.4. The van der Waals surface area contributed by atoms with Crippen molar-refractivity contribution in [3.05, 3.63) is 71.8 Å². The van der Waals surface area contributed by atoms with Crippen LogP contribution in [0.4, 0.5) is 0 Å². The first-order chi connectivity index (χ1) is 16.6. The van der Waals surface area contributed by atoms with E-state index >= 15 is 0 Å². The quantitative estimate of drug-likeness (QED) is 0.628. The van der Waals surface area contributed by atoms with Gasteiger partial charge in [-0.2, -0.15) is 0 Å². The molecule has 178 valence electrons. The van der Waals surface area contributed by atoms with Crippen LogP contribution in [-0.4, -0.2) is 47.8 Å². The molecule has 34 heavy (non-hydrogen) atoms. The Balaban J connectivity index is 1.10. The molecule has 2 aromatic carbocycles. The number of carbonyl (C=O) groups is 2. The first-order valence-corrected chi connectivity index (χ1v) is 13.3. The van der Waals surface area contributed by atoms with Gasteiger partial charge < -0.3 is 9.80 Å². The predicted octanol–water partition coefficient (Wildman–Crippen LogP) is 5.10.